The quantitative estimate of drug-likeness (QED) is 0.684. The Kier molecular flexibility index (Phi) is 4.78. The molecule has 136 valence electrons. The van der Waals surface area contributed by atoms with Gasteiger partial charge >= 0.3 is 0 Å². The summed E-state index contributed by atoms with van der Waals surface area (Å²) in [5.41, 5.74) is 2.11. The van der Waals surface area contributed by atoms with E-state index in [1.54, 1.807) is 6.20 Å². The van der Waals surface area contributed by atoms with Crippen LogP contribution in [0.3, 0.4) is 0 Å². The number of halogens is 1. The fraction of sp³-hybridized carbons (Fsp3) is 0.190. The molecule has 2 aromatic carbocycles. The molecule has 0 unspecified atom stereocenters. The summed E-state index contributed by atoms with van der Waals surface area (Å²) in [4.78, 5) is 21.1. The van der Waals surface area contributed by atoms with Gasteiger partial charge in [0, 0.05) is 29.9 Å². The Balaban J connectivity index is 1.39. The Morgan fingerprint density at radius 2 is 1.93 bits per heavy atom. The van der Waals surface area contributed by atoms with E-state index in [-0.39, 0.29) is 11.7 Å². The number of carbonyl (C=O) groups excluding carboxylic acids is 1. The van der Waals surface area contributed by atoms with E-state index < -0.39 is 0 Å². The van der Waals surface area contributed by atoms with Crippen molar-refractivity contribution in [3.63, 3.8) is 0 Å². The highest BCUT2D eigenvalue weighted by Gasteiger charge is 2.26. The molecule has 2 N–H and O–H groups in total. The molecule has 27 heavy (non-hydrogen) atoms. The molecule has 0 spiro atoms. The average molecular weight is 362 g/mol. The molecule has 1 saturated carbocycles. The Morgan fingerprint density at radius 3 is 2.70 bits per heavy atom. The van der Waals surface area contributed by atoms with Crippen LogP contribution in [0.1, 0.15) is 40.5 Å². The van der Waals surface area contributed by atoms with Gasteiger partial charge in [-0.2, -0.15) is 0 Å². The summed E-state index contributed by atoms with van der Waals surface area (Å²) in [6, 6.07) is 14.9. The van der Waals surface area contributed by atoms with Crippen molar-refractivity contribution < 1.29 is 9.18 Å². The number of benzene rings is 2. The van der Waals surface area contributed by atoms with E-state index in [1.165, 1.54) is 37.1 Å². The molecule has 0 radical (unpaired) electrons. The molecule has 0 bridgehead atoms. The lowest BCUT2D eigenvalue weighted by Crippen LogP contribution is -2.12. The molecule has 1 aliphatic rings. The summed E-state index contributed by atoms with van der Waals surface area (Å²) in [6.45, 7) is 0.585. The second-order valence-electron chi connectivity index (χ2n) is 6.59. The van der Waals surface area contributed by atoms with Gasteiger partial charge in [-0.1, -0.05) is 12.1 Å². The predicted molar refractivity (Wildman–Crippen MR) is 102 cm³/mol. The Morgan fingerprint density at radius 1 is 1.11 bits per heavy atom. The standard InChI is InChI=1S/C21H19FN4O/c22-17-8-6-16(7-9-17)21(27)25-18-3-1-2-14(12-18)13-24-19-10-11-23-20(26-19)15-4-5-15/h1-3,6-12,15H,4-5,13H2,(H,25,27)(H,23,24,26). The second-order valence-corrected chi connectivity index (χ2v) is 6.59. The molecule has 0 saturated heterocycles. The van der Waals surface area contributed by atoms with Crippen LogP contribution in [0.15, 0.2) is 60.8 Å². The minimum Gasteiger partial charge on any atom is -0.366 e. The minimum absolute atomic E-state index is 0.273. The van der Waals surface area contributed by atoms with Crippen LogP contribution in [0.2, 0.25) is 0 Å². The van der Waals surface area contributed by atoms with E-state index in [2.05, 4.69) is 20.6 Å². The van der Waals surface area contributed by atoms with E-state index in [1.807, 2.05) is 30.3 Å². The Hall–Kier alpha value is -3.28. The molecule has 1 heterocycles. The Bertz CT molecular complexity index is 954. The van der Waals surface area contributed by atoms with E-state index in [9.17, 15) is 9.18 Å². The first-order valence-corrected chi connectivity index (χ1v) is 8.90. The van der Waals surface area contributed by atoms with E-state index in [0.717, 1.165) is 17.2 Å². The van der Waals surface area contributed by atoms with Gasteiger partial charge in [-0.3, -0.25) is 4.79 Å². The van der Waals surface area contributed by atoms with Crippen molar-refractivity contribution in [2.45, 2.75) is 25.3 Å². The lowest BCUT2D eigenvalue weighted by molar-refractivity contribution is 0.102. The van der Waals surface area contributed by atoms with Crippen molar-refractivity contribution in [3.8, 4) is 0 Å². The van der Waals surface area contributed by atoms with Crippen LogP contribution in [0.4, 0.5) is 15.9 Å². The molecule has 1 aliphatic carbocycles. The summed E-state index contributed by atoms with van der Waals surface area (Å²) < 4.78 is 13.0. The zero-order chi connectivity index (χ0) is 18.6. The molecule has 1 amide bonds. The minimum atomic E-state index is -0.366. The zero-order valence-electron chi connectivity index (χ0n) is 14.7. The molecule has 1 fully saturated rings. The smallest absolute Gasteiger partial charge is 0.255 e. The van der Waals surface area contributed by atoms with Gasteiger partial charge in [0.1, 0.15) is 17.5 Å². The van der Waals surface area contributed by atoms with Crippen molar-refractivity contribution in [1.29, 1.82) is 0 Å². The molecule has 1 aromatic heterocycles. The fourth-order valence-electron chi connectivity index (χ4n) is 2.77. The van der Waals surface area contributed by atoms with Crippen molar-refractivity contribution in [3.05, 3.63) is 83.6 Å². The summed E-state index contributed by atoms with van der Waals surface area (Å²) in [7, 11) is 0. The van der Waals surface area contributed by atoms with Gasteiger partial charge in [0.15, 0.2) is 0 Å². The highest BCUT2D eigenvalue weighted by Crippen LogP contribution is 2.38. The normalized spacial score (nSPS) is 13.2. The van der Waals surface area contributed by atoms with Crippen molar-refractivity contribution in [2.75, 3.05) is 10.6 Å². The first-order valence-electron chi connectivity index (χ1n) is 8.90. The molecule has 5 nitrogen and oxygen atoms in total. The van der Waals surface area contributed by atoms with Crippen LogP contribution < -0.4 is 10.6 Å². The Labute approximate surface area is 156 Å². The molecule has 0 atom stereocenters. The largest absolute Gasteiger partial charge is 0.366 e. The number of carbonyl (C=O) groups is 1. The maximum absolute atomic E-state index is 13.0. The first kappa shape index (κ1) is 17.1. The molecule has 4 rings (SSSR count). The van der Waals surface area contributed by atoms with Gasteiger partial charge in [0.05, 0.1) is 0 Å². The molecular formula is C21H19FN4O. The summed E-state index contributed by atoms with van der Waals surface area (Å²) >= 11 is 0. The van der Waals surface area contributed by atoms with Crippen LogP contribution in [-0.2, 0) is 6.54 Å². The monoisotopic (exact) mass is 362 g/mol. The van der Waals surface area contributed by atoms with E-state index in [4.69, 9.17) is 0 Å². The maximum atomic E-state index is 13.0. The molecule has 3 aromatic rings. The number of nitrogens with one attached hydrogen (secondary N) is 2. The molecule has 6 heteroatoms. The number of anilines is 2. The van der Waals surface area contributed by atoms with Gasteiger partial charge in [0.25, 0.3) is 5.91 Å². The maximum Gasteiger partial charge on any atom is 0.255 e. The van der Waals surface area contributed by atoms with Crippen molar-refractivity contribution in [2.24, 2.45) is 0 Å². The lowest BCUT2D eigenvalue weighted by Gasteiger charge is -2.09. The summed E-state index contributed by atoms with van der Waals surface area (Å²) in [6.07, 6.45) is 4.11. The van der Waals surface area contributed by atoms with Gasteiger partial charge in [0.2, 0.25) is 0 Å². The fourth-order valence-corrected chi connectivity index (χ4v) is 2.77. The second kappa shape index (κ2) is 7.53. The van der Waals surface area contributed by atoms with Gasteiger partial charge < -0.3 is 10.6 Å². The van der Waals surface area contributed by atoms with Crippen LogP contribution in [-0.4, -0.2) is 15.9 Å². The number of hydrogen-bond acceptors (Lipinski definition) is 4. The first-order chi connectivity index (χ1) is 13.2. The van der Waals surface area contributed by atoms with Gasteiger partial charge in [-0.25, -0.2) is 14.4 Å². The third-order valence-corrected chi connectivity index (χ3v) is 4.38. The number of rotatable bonds is 6. The third kappa shape index (κ3) is 4.47. The zero-order valence-corrected chi connectivity index (χ0v) is 14.7. The molecule has 0 aliphatic heterocycles. The van der Waals surface area contributed by atoms with Crippen molar-refractivity contribution in [1.82, 2.24) is 9.97 Å². The van der Waals surface area contributed by atoms with E-state index in [0.29, 0.717) is 23.7 Å². The van der Waals surface area contributed by atoms with E-state index >= 15 is 0 Å². The van der Waals surface area contributed by atoms with Crippen LogP contribution in [0.5, 0.6) is 0 Å². The summed E-state index contributed by atoms with van der Waals surface area (Å²) in [5, 5.41) is 6.13. The number of aromatic nitrogens is 2. The average Bonchev–Trinajstić information content (AvgIpc) is 3.53. The number of amides is 1. The summed E-state index contributed by atoms with van der Waals surface area (Å²) in [5.74, 6) is 1.57. The number of hydrogen-bond donors (Lipinski definition) is 2. The van der Waals surface area contributed by atoms with Crippen LogP contribution in [0.25, 0.3) is 0 Å². The van der Waals surface area contributed by atoms with Crippen LogP contribution >= 0.6 is 0 Å². The predicted octanol–water partition coefficient (Wildman–Crippen LogP) is 4.36. The van der Waals surface area contributed by atoms with Gasteiger partial charge in [-0.15, -0.1) is 0 Å². The SMILES string of the molecule is O=C(Nc1cccc(CNc2ccnc(C3CC3)n2)c1)c1ccc(F)cc1. The lowest BCUT2D eigenvalue weighted by atomic mass is 10.1. The third-order valence-electron chi connectivity index (χ3n) is 4.38. The molecular weight excluding hydrogens is 343 g/mol. The van der Waals surface area contributed by atoms with Crippen molar-refractivity contribution >= 4 is 17.4 Å². The highest BCUT2D eigenvalue weighted by atomic mass is 19.1. The topological polar surface area (TPSA) is 66.9 Å². The highest BCUT2D eigenvalue weighted by molar-refractivity contribution is 6.04. The van der Waals surface area contributed by atoms with Gasteiger partial charge in [-0.05, 0) is 60.9 Å². The van der Waals surface area contributed by atoms with Crippen LogP contribution in [0, 0.1) is 5.82 Å². The number of nitrogens with zero attached hydrogens (tertiary/aromatic N) is 2.